The topological polar surface area (TPSA) is 28.7 Å². The van der Waals surface area contributed by atoms with Gasteiger partial charge in [0.05, 0.1) is 5.69 Å². The SMILES string of the molecule is C1=C(c2ccn[nH]2)CCC(c2ccccc2)C1. The molecule has 0 amide bonds. The minimum absolute atomic E-state index is 0.683. The number of hydrogen-bond donors (Lipinski definition) is 1. The lowest BCUT2D eigenvalue weighted by Gasteiger charge is -2.21. The molecule has 0 saturated heterocycles. The fourth-order valence-corrected chi connectivity index (χ4v) is 2.54. The van der Waals surface area contributed by atoms with Gasteiger partial charge in [0.1, 0.15) is 0 Å². The van der Waals surface area contributed by atoms with Gasteiger partial charge in [-0.1, -0.05) is 36.4 Å². The average Bonchev–Trinajstić information content (AvgIpc) is 2.94. The average molecular weight is 224 g/mol. The van der Waals surface area contributed by atoms with Gasteiger partial charge in [-0.15, -0.1) is 0 Å². The normalized spacial score (nSPS) is 20.0. The third-order valence-electron chi connectivity index (χ3n) is 3.53. The lowest BCUT2D eigenvalue weighted by molar-refractivity contribution is 0.624. The highest BCUT2D eigenvalue weighted by Gasteiger charge is 2.17. The van der Waals surface area contributed by atoms with Crippen molar-refractivity contribution < 1.29 is 0 Å². The smallest absolute Gasteiger partial charge is 0.0606 e. The number of H-pyrrole nitrogens is 1. The third-order valence-corrected chi connectivity index (χ3v) is 3.53. The van der Waals surface area contributed by atoms with Crippen LogP contribution in [0.1, 0.15) is 36.4 Å². The zero-order valence-electron chi connectivity index (χ0n) is 9.76. The molecule has 2 aromatic rings. The maximum Gasteiger partial charge on any atom is 0.0606 e. The Labute approximate surface area is 101 Å². The quantitative estimate of drug-likeness (QED) is 0.826. The molecule has 1 aromatic carbocycles. The summed E-state index contributed by atoms with van der Waals surface area (Å²) in [4.78, 5) is 0. The lowest BCUT2D eigenvalue weighted by atomic mass is 9.84. The van der Waals surface area contributed by atoms with Crippen molar-refractivity contribution in [2.24, 2.45) is 0 Å². The van der Waals surface area contributed by atoms with Crippen LogP contribution in [0.2, 0.25) is 0 Å². The number of allylic oxidation sites excluding steroid dienone is 2. The second-order valence-electron chi connectivity index (χ2n) is 4.58. The summed E-state index contributed by atoms with van der Waals surface area (Å²) in [5, 5.41) is 7.05. The van der Waals surface area contributed by atoms with Crippen LogP contribution in [-0.2, 0) is 0 Å². The maximum atomic E-state index is 4.01. The maximum absolute atomic E-state index is 4.01. The second kappa shape index (κ2) is 4.58. The van der Waals surface area contributed by atoms with Crippen molar-refractivity contribution in [3.05, 3.63) is 59.9 Å². The zero-order chi connectivity index (χ0) is 11.5. The summed E-state index contributed by atoms with van der Waals surface area (Å²) in [5.41, 5.74) is 4.05. The number of benzene rings is 1. The van der Waals surface area contributed by atoms with Crippen molar-refractivity contribution in [3.8, 4) is 0 Å². The van der Waals surface area contributed by atoms with E-state index in [0.29, 0.717) is 5.92 Å². The summed E-state index contributed by atoms with van der Waals surface area (Å²) >= 11 is 0. The Hall–Kier alpha value is -1.83. The van der Waals surface area contributed by atoms with Gasteiger partial charge in [0.2, 0.25) is 0 Å². The minimum atomic E-state index is 0.683. The van der Waals surface area contributed by atoms with Crippen LogP contribution >= 0.6 is 0 Å². The Morgan fingerprint density at radius 3 is 2.65 bits per heavy atom. The molecule has 1 aliphatic carbocycles. The largest absolute Gasteiger partial charge is 0.278 e. The van der Waals surface area contributed by atoms with E-state index in [-0.39, 0.29) is 0 Å². The second-order valence-corrected chi connectivity index (χ2v) is 4.58. The van der Waals surface area contributed by atoms with Crippen molar-refractivity contribution in [1.82, 2.24) is 10.2 Å². The van der Waals surface area contributed by atoms with Crippen molar-refractivity contribution in [1.29, 1.82) is 0 Å². The number of rotatable bonds is 2. The lowest BCUT2D eigenvalue weighted by Crippen LogP contribution is -2.04. The Morgan fingerprint density at radius 1 is 1.12 bits per heavy atom. The van der Waals surface area contributed by atoms with Gasteiger partial charge in [-0.25, -0.2) is 0 Å². The molecule has 2 nitrogen and oxygen atoms in total. The van der Waals surface area contributed by atoms with Crippen molar-refractivity contribution >= 4 is 5.57 Å². The molecule has 1 N–H and O–H groups in total. The van der Waals surface area contributed by atoms with Gasteiger partial charge in [0, 0.05) is 6.20 Å². The first-order valence-electron chi connectivity index (χ1n) is 6.17. The zero-order valence-corrected chi connectivity index (χ0v) is 9.76. The van der Waals surface area contributed by atoms with E-state index in [2.05, 4.69) is 52.7 Å². The van der Waals surface area contributed by atoms with Gasteiger partial charge < -0.3 is 0 Å². The molecule has 3 rings (SSSR count). The molecule has 17 heavy (non-hydrogen) atoms. The molecule has 2 heteroatoms. The molecule has 1 unspecified atom stereocenters. The Kier molecular flexibility index (Phi) is 2.78. The number of aromatic amines is 1. The van der Waals surface area contributed by atoms with Crippen molar-refractivity contribution in [2.45, 2.75) is 25.2 Å². The first kappa shape index (κ1) is 10.3. The highest BCUT2D eigenvalue weighted by molar-refractivity contribution is 5.63. The molecule has 1 aliphatic rings. The minimum Gasteiger partial charge on any atom is -0.278 e. The van der Waals surface area contributed by atoms with Crippen LogP contribution in [-0.4, -0.2) is 10.2 Å². The molecule has 1 atom stereocenters. The summed E-state index contributed by atoms with van der Waals surface area (Å²) in [5.74, 6) is 0.683. The van der Waals surface area contributed by atoms with Gasteiger partial charge in [-0.05, 0) is 42.4 Å². The van der Waals surface area contributed by atoms with Crippen LogP contribution in [0.15, 0.2) is 48.7 Å². The number of aromatic nitrogens is 2. The molecule has 0 fully saturated rings. The molecule has 0 radical (unpaired) electrons. The van der Waals surface area contributed by atoms with E-state index in [9.17, 15) is 0 Å². The molecule has 0 aliphatic heterocycles. The summed E-state index contributed by atoms with van der Waals surface area (Å²) in [7, 11) is 0. The molecule has 1 heterocycles. The number of nitrogens with one attached hydrogen (secondary N) is 1. The van der Waals surface area contributed by atoms with Crippen LogP contribution in [0, 0.1) is 0 Å². The standard InChI is InChI=1S/C15H16N2/c1-2-4-12(5-3-1)13-6-8-14(9-7-13)15-10-11-16-17-15/h1-5,8,10-11,13H,6-7,9H2,(H,16,17). The van der Waals surface area contributed by atoms with E-state index in [0.717, 1.165) is 12.8 Å². The molecular formula is C15H16N2. The first-order chi connectivity index (χ1) is 8.43. The van der Waals surface area contributed by atoms with E-state index in [1.165, 1.54) is 23.3 Å². The predicted octanol–water partition coefficient (Wildman–Crippen LogP) is 3.76. The number of hydrogen-bond acceptors (Lipinski definition) is 1. The molecule has 1 aromatic heterocycles. The Morgan fingerprint density at radius 2 is 2.00 bits per heavy atom. The monoisotopic (exact) mass is 224 g/mol. The van der Waals surface area contributed by atoms with Crippen LogP contribution < -0.4 is 0 Å². The van der Waals surface area contributed by atoms with Crippen LogP contribution in [0.5, 0.6) is 0 Å². The van der Waals surface area contributed by atoms with Crippen molar-refractivity contribution in [2.75, 3.05) is 0 Å². The van der Waals surface area contributed by atoms with Gasteiger partial charge in [-0.3, -0.25) is 5.10 Å². The molecule has 86 valence electrons. The fraction of sp³-hybridized carbons (Fsp3) is 0.267. The van der Waals surface area contributed by atoms with Gasteiger partial charge in [-0.2, -0.15) is 5.10 Å². The third kappa shape index (κ3) is 2.16. The van der Waals surface area contributed by atoms with E-state index in [1.54, 1.807) is 0 Å². The predicted molar refractivity (Wildman–Crippen MR) is 69.6 cm³/mol. The van der Waals surface area contributed by atoms with E-state index < -0.39 is 0 Å². The van der Waals surface area contributed by atoms with Crippen molar-refractivity contribution in [3.63, 3.8) is 0 Å². The molecule has 0 bridgehead atoms. The van der Waals surface area contributed by atoms with E-state index in [1.807, 2.05) is 6.20 Å². The van der Waals surface area contributed by atoms with Crippen LogP contribution in [0.4, 0.5) is 0 Å². The van der Waals surface area contributed by atoms with Crippen LogP contribution in [0.3, 0.4) is 0 Å². The summed E-state index contributed by atoms with van der Waals surface area (Å²) in [6.07, 6.45) is 7.68. The first-order valence-corrected chi connectivity index (χ1v) is 6.17. The van der Waals surface area contributed by atoms with E-state index in [4.69, 9.17) is 0 Å². The van der Waals surface area contributed by atoms with Crippen LogP contribution in [0.25, 0.3) is 5.57 Å². The molecular weight excluding hydrogens is 208 g/mol. The highest BCUT2D eigenvalue weighted by atomic mass is 15.1. The molecule has 0 saturated carbocycles. The Bertz CT molecular complexity index is 497. The van der Waals surface area contributed by atoms with E-state index >= 15 is 0 Å². The van der Waals surface area contributed by atoms with Gasteiger partial charge in [0.15, 0.2) is 0 Å². The summed E-state index contributed by atoms with van der Waals surface area (Å²) in [6, 6.07) is 12.9. The highest BCUT2D eigenvalue weighted by Crippen LogP contribution is 2.34. The van der Waals surface area contributed by atoms with Gasteiger partial charge in [0.25, 0.3) is 0 Å². The number of nitrogens with zero attached hydrogens (tertiary/aromatic N) is 1. The summed E-state index contributed by atoms with van der Waals surface area (Å²) in [6.45, 7) is 0. The molecule has 0 spiro atoms. The van der Waals surface area contributed by atoms with Gasteiger partial charge >= 0.3 is 0 Å². The fourth-order valence-electron chi connectivity index (χ4n) is 2.54. The summed E-state index contributed by atoms with van der Waals surface area (Å²) < 4.78 is 0. The Balaban J connectivity index is 1.76.